The standard InChI is InChI=1S/C15H14ClN3O4S.H2O/c16-8-6-24-14-10(13(21)19(14)11(8)15(22)23)18-12(20)9(17)7-4-2-1-3-5-7;/h1-5,9-10,14H,6,17H2,(H,18,20)(H,22,23);1H2/t9?,10?,14-;/m1./s1. The summed E-state index contributed by atoms with van der Waals surface area (Å²) < 4.78 is 0. The number of carbonyl (C=O) groups is 3. The second-order valence-electron chi connectivity index (χ2n) is 5.34. The lowest BCUT2D eigenvalue weighted by Gasteiger charge is -2.48. The molecule has 25 heavy (non-hydrogen) atoms. The second kappa shape index (κ2) is 7.44. The fourth-order valence-electron chi connectivity index (χ4n) is 2.64. The van der Waals surface area contributed by atoms with Crippen molar-refractivity contribution in [3.8, 4) is 0 Å². The van der Waals surface area contributed by atoms with Crippen molar-refractivity contribution < 1.29 is 25.0 Å². The van der Waals surface area contributed by atoms with Crippen molar-refractivity contribution in [3.05, 3.63) is 46.6 Å². The summed E-state index contributed by atoms with van der Waals surface area (Å²) >= 11 is 7.20. The molecule has 0 aliphatic carbocycles. The lowest BCUT2D eigenvalue weighted by atomic mass is 10.0. The maximum Gasteiger partial charge on any atom is 0.353 e. The molecule has 2 unspecified atom stereocenters. The molecule has 0 aromatic heterocycles. The number of amides is 2. The minimum absolute atomic E-state index is 0. The van der Waals surface area contributed by atoms with Crippen LogP contribution < -0.4 is 11.1 Å². The van der Waals surface area contributed by atoms with E-state index in [2.05, 4.69) is 5.32 Å². The van der Waals surface area contributed by atoms with E-state index in [-0.39, 0.29) is 22.0 Å². The number of halogens is 1. The van der Waals surface area contributed by atoms with Gasteiger partial charge in [-0.2, -0.15) is 0 Å². The van der Waals surface area contributed by atoms with Crippen molar-refractivity contribution in [3.63, 3.8) is 0 Å². The molecule has 1 fully saturated rings. The monoisotopic (exact) mass is 385 g/mol. The first-order valence-electron chi connectivity index (χ1n) is 7.09. The van der Waals surface area contributed by atoms with Crippen LogP contribution in [0.5, 0.6) is 0 Å². The van der Waals surface area contributed by atoms with Crippen LogP contribution in [0, 0.1) is 0 Å². The van der Waals surface area contributed by atoms with Gasteiger partial charge in [-0.05, 0) is 5.56 Å². The highest BCUT2D eigenvalue weighted by atomic mass is 35.5. The van der Waals surface area contributed by atoms with Crippen molar-refractivity contribution in [1.29, 1.82) is 0 Å². The zero-order valence-corrected chi connectivity index (χ0v) is 14.4. The molecule has 0 saturated carbocycles. The number of rotatable bonds is 4. The van der Waals surface area contributed by atoms with Gasteiger partial charge < -0.3 is 21.6 Å². The van der Waals surface area contributed by atoms with Crippen LogP contribution in [-0.4, -0.2) is 50.4 Å². The van der Waals surface area contributed by atoms with Crippen molar-refractivity contribution in [2.45, 2.75) is 17.5 Å². The first-order chi connectivity index (χ1) is 11.4. The van der Waals surface area contributed by atoms with Crippen LogP contribution in [-0.2, 0) is 14.4 Å². The van der Waals surface area contributed by atoms with Crippen LogP contribution in [0.2, 0.25) is 0 Å². The highest BCUT2D eigenvalue weighted by Gasteiger charge is 2.54. The average molecular weight is 386 g/mol. The number of hydrogen-bond donors (Lipinski definition) is 3. The van der Waals surface area contributed by atoms with Gasteiger partial charge in [0.1, 0.15) is 23.2 Å². The summed E-state index contributed by atoms with van der Waals surface area (Å²) in [6.07, 6.45) is 0. The summed E-state index contributed by atoms with van der Waals surface area (Å²) in [5, 5.41) is 11.4. The van der Waals surface area contributed by atoms with Crippen LogP contribution in [0.15, 0.2) is 41.1 Å². The van der Waals surface area contributed by atoms with E-state index >= 15 is 0 Å². The minimum atomic E-state index is -1.26. The number of carbonyl (C=O) groups excluding carboxylic acids is 2. The van der Waals surface area contributed by atoms with Crippen molar-refractivity contribution in [2.75, 3.05) is 5.75 Å². The van der Waals surface area contributed by atoms with Gasteiger partial charge in [0.05, 0.1) is 5.03 Å². The van der Waals surface area contributed by atoms with E-state index in [4.69, 9.17) is 17.3 Å². The molecule has 1 saturated heterocycles. The third-order valence-electron chi connectivity index (χ3n) is 3.86. The summed E-state index contributed by atoms with van der Waals surface area (Å²) in [6, 6.07) is 7.07. The predicted octanol–water partition coefficient (Wildman–Crippen LogP) is -0.203. The molecular weight excluding hydrogens is 370 g/mol. The topological polar surface area (TPSA) is 144 Å². The molecular formula is C15H16ClN3O5S. The molecule has 6 N–H and O–H groups in total. The second-order valence-corrected chi connectivity index (χ2v) is 6.90. The molecule has 0 spiro atoms. The zero-order valence-electron chi connectivity index (χ0n) is 12.8. The van der Waals surface area contributed by atoms with Gasteiger partial charge in [0, 0.05) is 5.75 Å². The quantitative estimate of drug-likeness (QED) is 0.612. The Balaban J connectivity index is 0.00000225. The summed E-state index contributed by atoms with van der Waals surface area (Å²) in [7, 11) is 0. The Morgan fingerprint density at radius 2 is 2.00 bits per heavy atom. The number of nitrogens with zero attached hydrogens (tertiary/aromatic N) is 1. The van der Waals surface area contributed by atoms with E-state index < -0.39 is 35.2 Å². The van der Waals surface area contributed by atoms with Gasteiger partial charge in [0.2, 0.25) is 5.91 Å². The Hall–Kier alpha value is -2.07. The van der Waals surface area contributed by atoms with E-state index in [0.717, 1.165) is 4.90 Å². The first kappa shape index (κ1) is 19.3. The van der Waals surface area contributed by atoms with Crippen LogP contribution >= 0.6 is 23.4 Å². The van der Waals surface area contributed by atoms with Gasteiger partial charge in [-0.15, -0.1) is 11.8 Å². The number of benzene rings is 1. The van der Waals surface area contributed by atoms with Crippen LogP contribution in [0.3, 0.4) is 0 Å². The lowest BCUT2D eigenvalue weighted by Crippen LogP contribution is -2.70. The van der Waals surface area contributed by atoms with Crippen LogP contribution in [0.1, 0.15) is 11.6 Å². The number of nitrogens with two attached hydrogens (primary N) is 1. The van der Waals surface area contributed by atoms with Gasteiger partial charge in [0.15, 0.2) is 0 Å². The van der Waals surface area contributed by atoms with Gasteiger partial charge in [-0.3, -0.25) is 14.5 Å². The Labute approximate surface area is 152 Å². The molecule has 2 amide bonds. The number of carboxylic acids is 1. The Bertz CT molecular complexity index is 742. The van der Waals surface area contributed by atoms with E-state index in [1.807, 2.05) is 6.07 Å². The smallest absolute Gasteiger partial charge is 0.353 e. The molecule has 1 aromatic rings. The third-order valence-corrected chi connectivity index (χ3v) is 5.61. The van der Waals surface area contributed by atoms with Gasteiger partial charge >= 0.3 is 5.97 Å². The van der Waals surface area contributed by atoms with Crippen molar-refractivity contribution in [2.24, 2.45) is 5.73 Å². The molecule has 3 rings (SSSR count). The Kier molecular flexibility index (Phi) is 5.73. The van der Waals surface area contributed by atoms with E-state index in [1.54, 1.807) is 24.3 Å². The molecule has 0 bridgehead atoms. The van der Waals surface area contributed by atoms with Gasteiger partial charge in [0.25, 0.3) is 5.91 Å². The third kappa shape index (κ3) is 3.36. The average Bonchev–Trinajstić information content (AvgIpc) is 2.59. The molecule has 2 aliphatic heterocycles. The number of aliphatic carboxylic acids is 1. The van der Waals surface area contributed by atoms with E-state index in [0.29, 0.717) is 5.56 Å². The Morgan fingerprint density at radius 1 is 1.36 bits per heavy atom. The molecule has 134 valence electrons. The van der Waals surface area contributed by atoms with Gasteiger partial charge in [-0.1, -0.05) is 41.9 Å². The normalized spacial score (nSPS) is 23.1. The molecule has 2 aliphatic rings. The molecule has 0 radical (unpaired) electrons. The molecule has 2 heterocycles. The Morgan fingerprint density at radius 3 is 2.60 bits per heavy atom. The van der Waals surface area contributed by atoms with Crippen molar-refractivity contribution >= 4 is 41.1 Å². The number of fused-ring (bicyclic) bond motifs is 1. The maximum absolute atomic E-state index is 12.3. The SMILES string of the molecule is NC(C(=O)NC1C(=O)N2C(C(=O)O)=C(Cl)CS[C@H]12)c1ccccc1.O. The summed E-state index contributed by atoms with van der Waals surface area (Å²) in [4.78, 5) is 36.9. The highest BCUT2D eigenvalue weighted by Crippen LogP contribution is 2.41. The largest absolute Gasteiger partial charge is 0.477 e. The summed E-state index contributed by atoms with van der Waals surface area (Å²) in [5.41, 5.74) is 6.32. The fourth-order valence-corrected chi connectivity index (χ4v) is 4.19. The maximum atomic E-state index is 12.3. The fraction of sp³-hybridized carbons (Fsp3) is 0.267. The van der Waals surface area contributed by atoms with Gasteiger partial charge in [-0.25, -0.2) is 4.79 Å². The minimum Gasteiger partial charge on any atom is -0.477 e. The van der Waals surface area contributed by atoms with Crippen LogP contribution in [0.25, 0.3) is 0 Å². The zero-order chi connectivity index (χ0) is 17.4. The number of nitrogens with one attached hydrogen (secondary N) is 1. The highest BCUT2D eigenvalue weighted by molar-refractivity contribution is 8.00. The van der Waals surface area contributed by atoms with Crippen molar-refractivity contribution in [1.82, 2.24) is 10.2 Å². The predicted molar refractivity (Wildman–Crippen MR) is 92.5 cm³/mol. The number of hydrogen-bond acceptors (Lipinski definition) is 5. The molecule has 10 heteroatoms. The number of thioether (sulfide) groups is 1. The molecule has 8 nitrogen and oxygen atoms in total. The molecule has 1 aromatic carbocycles. The summed E-state index contributed by atoms with van der Waals surface area (Å²) in [6.45, 7) is 0. The number of carboxylic acid groups (broad SMARTS) is 1. The first-order valence-corrected chi connectivity index (χ1v) is 8.52. The van der Waals surface area contributed by atoms with E-state index in [9.17, 15) is 19.5 Å². The lowest BCUT2D eigenvalue weighted by molar-refractivity contribution is -0.150. The molecule has 3 atom stereocenters. The van der Waals surface area contributed by atoms with Crippen LogP contribution in [0.4, 0.5) is 0 Å². The summed E-state index contributed by atoms with van der Waals surface area (Å²) in [5.74, 6) is -1.98. The van der Waals surface area contributed by atoms with E-state index in [1.165, 1.54) is 11.8 Å². The number of β-lactam (4-membered cyclic amide) rings is 1.